The molecule has 0 bridgehead atoms. The lowest BCUT2D eigenvalue weighted by Crippen LogP contribution is -2.38. The first kappa shape index (κ1) is 18.8. The summed E-state index contributed by atoms with van der Waals surface area (Å²) in [5.74, 6) is 2.07. The van der Waals surface area contributed by atoms with E-state index in [9.17, 15) is 0 Å². The van der Waals surface area contributed by atoms with Gasteiger partial charge in [-0.15, -0.1) is 0 Å². The number of benzene rings is 2. The Morgan fingerprint density at radius 3 is 2.80 bits per heavy atom. The van der Waals surface area contributed by atoms with Crippen molar-refractivity contribution in [1.29, 1.82) is 0 Å². The van der Waals surface area contributed by atoms with Crippen LogP contribution in [0.4, 0.5) is 0 Å². The van der Waals surface area contributed by atoms with E-state index in [1.807, 2.05) is 43.3 Å². The highest BCUT2D eigenvalue weighted by Crippen LogP contribution is 2.30. The predicted octanol–water partition coefficient (Wildman–Crippen LogP) is 3.92. The second-order valence-corrected chi connectivity index (χ2v) is 7.46. The molecule has 1 saturated heterocycles. The molecule has 0 saturated carbocycles. The summed E-state index contributed by atoms with van der Waals surface area (Å²) < 4.78 is 17.4. The van der Waals surface area contributed by atoms with E-state index < -0.39 is 0 Å². The van der Waals surface area contributed by atoms with Gasteiger partial charge < -0.3 is 19.2 Å². The molecule has 2 aromatic heterocycles. The Kier molecular flexibility index (Phi) is 5.21. The second-order valence-electron chi connectivity index (χ2n) is 7.46. The van der Waals surface area contributed by atoms with E-state index in [0.717, 1.165) is 71.8 Å². The molecule has 154 valence electrons. The summed E-state index contributed by atoms with van der Waals surface area (Å²) in [6.07, 6.45) is 1.52. The molecule has 7 heteroatoms. The summed E-state index contributed by atoms with van der Waals surface area (Å²) in [4.78, 5) is 14.4. The Labute approximate surface area is 174 Å². The largest absolute Gasteiger partial charge is 0.492 e. The number of hydrogen-bond donors (Lipinski definition) is 1. The zero-order valence-corrected chi connectivity index (χ0v) is 16.9. The molecule has 1 N–H and O–H groups in total. The van der Waals surface area contributed by atoms with Crippen LogP contribution in [0, 0.1) is 6.92 Å². The molecule has 0 amide bonds. The average Bonchev–Trinajstić information content (AvgIpc) is 3.14. The number of aromatic amines is 1. The number of nitrogens with zero attached hydrogens (tertiary/aromatic N) is 3. The van der Waals surface area contributed by atoms with Crippen LogP contribution in [0.25, 0.3) is 21.8 Å². The fraction of sp³-hybridized carbons (Fsp3) is 0.304. The molecule has 0 atom stereocenters. The molecule has 0 spiro atoms. The third-order valence-electron chi connectivity index (χ3n) is 5.29. The maximum Gasteiger partial charge on any atom is 0.230 e. The number of aryl methyl sites for hydroxylation is 1. The number of morpholine rings is 1. The molecule has 5 rings (SSSR count). The van der Waals surface area contributed by atoms with Gasteiger partial charge in [-0.1, -0.05) is 0 Å². The summed E-state index contributed by atoms with van der Waals surface area (Å²) in [5.41, 5.74) is 3.00. The van der Waals surface area contributed by atoms with Gasteiger partial charge in [0.15, 0.2) is 0 Å². The third kappa shape index (κ3) is 4.08. The van der Waals surface area contributed by atoms with Crippen molar-refractivity contribution >= 4 is 21.8 Å². The van der Waals surface area contributed by atoms with Crippen LogP contribution in [0.1, 0.15) is 5.69 Å². The molecule has 0 unspecified atom stereocenters. The maximum absolute atomic E-state index is 6.09. The number of nitrogens with one attached hydrogen (secondary N) is 1. The van der Waals surface area contributed by atoms with Crippen molar-refractivity contribution in [3.63, 3.8) is 0 Å². The van der Waals surface area contributed by atoms with E-state index in [4.69, 9.17) is 14.2 Å². The lowest BCUT2D eigenvalue weighted by molar-refractivity contribution is 0.0322. The maximum atomic E-state index is 6.09. The quantitative estimate of drug-likeness (QED) is 0.525. The zero-order valence-electron chi connectivity index (χ0n) is 16.9. The highest BCUT2D eigenvalue weighted by atomic mass is 16.5. The van der Waals surface area contributed by atoms with Gasteiger partial charge in [-0.2, -0.15) is 0 Å². The Morgan fingerprint density at radius 1 is 1.03 bits per heavy atom. The van der Waals surface area contributed by atoms with Crippen LogP contribution in [-0.2, 0) is 4.74 Å². The summed E-state index contributed by atoms with van der Waals surface area (Å²) in [6.45, 7) is 7.08. The molecule has 1 fully saturated rings. The first-order valence-corrected chi connectivity index (χ1v) is 10.2. The van der Waals surface area contributed by atoms with Gasteiger partial charge in [-0.05, 0) is 43.3 Å². The van der Waals surface area contributed by atoms with Crippen molar-refractivity contribution in [2.75, 3.05) is 39.5 Å². The molecule has 1 aliphatic heterocycles. The lowest BCUT2D eigenvalue weighted by Gasteiger charge is -2.26. The first-order valence-electron chi connectivity index (χ1n) is 10.2. The van der Waals surface area contributed by atoms with Gasteiger partial charge in [0, 0.05) is 42.3 Å². The summed E-state index contributed by atoms with van der Waals surface area (Å²) in [6, 6.07) is 13.9. The van der Waals surface area contributed by atoms with Gasteiger partial charge in [-0.3, -0.25) is 4.90 Å². The number of ether oxygens (including phenoxy) is 3. The average molecular weight is 404 g/mol. The lowest BCUT2D eigenvalue weighted by atomic mass is 10.2. The number of hydrogen-bond acceptors (Lipinski definition) is 6. The van der Waals surface area contributed by atoms with Gasteiger partial charge in [0.1, 0.15) is 24.4 Å². The van der Waals surface area contributed by atoms with Crippen LogP contribution in [0.2, 0.25) is 0 Å². The normalized spacial score (nSPS) is 15.0. The molecular formula is C23H24N4O3. The van der Waals surface area contributed by atoms with Gasteiger partial charge in [0.25, 0.3) is 0 Å². The first-order chi connectivity index (χ1) is 14.7. The van der Waals surface area contributed by atoms with Gasteiger partial charge in [0.05, 0.1) is 24.1 Å². The van der Waals surface area contributed by atoms with Crippen molar-refractivity contribution in [2.45, 2.75) is 6.92 Å². The van der Waals surface area contributed by atoms with Gasteiger partial charge >= 0.3 is 0 Å². The van der Waals surface area contributed by atoms with Crippen LogP contribution >= 0.6 is 0 Å². The highest BCUT2D eigenvalue weighted by Gasteiger charge is 2.11. The second kappa shape index (κ2) is 8.30. The van der Waals surface area contributed by atoms with Gasteiger partial charge in [0.2, 0.25) is 5.88 Å². The highest BCUT2D eigenvalue weighted by molar-refractivity contribution is 5.85. The van der Waals surface area contributed by atoms with Crippen LogP contribution < -0.4 is 9.47 Å². The van der Waals surface area contributed by atoms with Crippen LogP contribution in [-0.4, -0.2) is 59.3 Å². The third-order valence-corrected chi connectivity index (χ3v) is 5.29. The molecule has 0 aliphatic carbocycles. The SMILES string of the molecule is Cc1cc2cc(Oc3ncnc4cc(OCCN5CCOCC5)ccc34)ccc2[nH]1. The molecule has 2 aromatic carbocycles. The smallest absolute Gasteiger partial charge is 0.230 e. The molecule has 4 aromatic rings. The van der Waals surface area contributed by atoms with Crippen molar-refractivity contribution in [1.82, 2.24) is 19.9 Å². The van der Waals surface area contributed by atoms with E-state index >= 15 is 0 Å². The van der Waals surface area contributed by atoms with E-state index in [-0.39, 0.29) is 0 Å². The van der Waals surface area contributed by atoms with Crippen LogP contribution in [0.3, 0.4) is 0 Å². The Morgan fingerprint density at radius 2 is 1.90 bits per heavy atom. The fourth-order valence-electron chi connectivity index (χ4n) is 3.73. The van der Waals surface area contributed by atoms with Crippen molar-refractivity contribution in [3.05, 3.63) is 54.5 Å². The summed E-state index contributed by atoms with van der Waals surface area (Å²) in [5, 5.41) is 1.96. The minimum Gasteiger partial charge on any atom is -0.492 e. The molecule has 1 aliphatic rings. The number of rotatable bonds is 6. The monoisotopic (exact) mass is 404 g/mol. The Hall–Kier alpha value is -3.16. The minimum absolute atomic E-state index is 0.534. The van der Waals surface area contributed by atoms with Crippen molar-refractivity contribution < 1.29 is 14.2 Å². The van der Waals surface area contributed by atoms with E-state index in [0.29, 0.717) is 12.5 Å². The van der Waals surface area contributed by atoms with Gasteiger partial charge in [-0.25, -0.2) is 9.97 Å². The Balaban J connectivity index is 1.30. The van der Waals surface area contributed by atoms with Crippen LogP contribution in [0.15, 0.2) is 48.8 Å². The van der Waals surface area contributed by atoms with Crippen LogP contribution in [0.5, 0.6) is 17.4 Å². The van der Waals surface area contributed by atoms with E-state index in [1.165, 1.54) is 6.33 Å². The number of H-pyrrole nitrogens is 1. The zero-order chi connectivity index (χ0) is 20.3. The predicted molar refractivity (Wildman–Crippen MR) is 115 cm³/mol. The molecule has 0 radical (unpaired) electrons. The minimum atomic E-state index is 0.534. The standard InChI is InChI=1S/C23H24N4O3/c1-16-12-17-13-19(3-5-21(17)26-16)30-23-20-4-2-18(14-22(20)24-15-25-23)29-11-8-27-6-9-28-10-7-27/h2-5,12-15,26H,6-11H2,1H3. The molecule has 30 heavy (non-hydrogen) atoms. The topological polar surface area (TPSA) is 72.5 Å². The Bertz CT molecular complexity index is 1170. The van der Waals surface area contributed by atoms with E-state index in [1.54, 1.807) is 0 Å². The molecular weight excluding hydrogens is 380 g/mol. The van der Waals surface area contributed by atoms with E-state index in [2.05, 4.69) is 25.9 Å². The molecule has 3 heterocycles. The van der Waals surface area contributed by atoms with Crippen molar-refractivity contribution in [2.24, 2.45) is 0 Å². The fourth-order valence-corrected chi connectivity index (χ4v) is 3.73. The van der Waals surface area contributed by atoms with Crippen molar-refractivity contribution in [3.8, 4) is 17.4 Å². The molecule has 7 nitrogen and oxygen atoms in total. The summed E-state index contributed by atoms with van der Waals surface area (Å²) in [7, 11) is 0. The number of aromatic nitrogens is 3. The number of fused-ring (bicyclic) bond motifs is 2. The summed E-state index contributed by atoms with van der Waals surface area (Å²) >= 11 is 0.